The van der Waals surface area contributed by atoms with Crippen LogP contribution in [0.15, 0.2) is 11.6 Å². The molecule has 0 aliphatic rings. The highest BCUT2D eigenvalue weighted by atomic mass is 16.5. The second-order valence-corrected chi connectivity index (χ2v) is 6.53. The van der Waals surface area contributed by atoms with Gasteiger partial charge >= 0.3 is 5.97 Å². The summed E-state index contributed by atoms with van der Waals surface area (Å²) in [4.78, 5) is 26.1. The van der Waals surface area contributed by atoms with Crippen LogP contribution in [-0.4, -0.2) is 39.6 Å². The molecule has 0 spiro atoms. The van der Waals surface area contributed by atoms with Gasteiger partial charge in [-0.3, -0.25) is 0 Å². The molecular weight excluding hydrogens is 358 g/mol. The fraction of sp³-hybridized carbons (Fsp3) is 0.421. The van der Waals surface area contributed by atoms with Crippen molar-refractivity contribution in [2.45, 2.75) is 40.3 Å². The van der Waals surface area contributed by atoms with Crippen molar-refractivity contribution in [3.63, 3.8) is 0 Å². The Morgan fingerprint density at radius 1 is 1.36 bits per heavy atom. The fourth-order valence-corrected chi connectivity index (χ4v) is 2.73. The molecule has 0 unspecified atom stereocenters. The number of hydrogen-bond acceptors (Lipinski definition) is 8. The fourth-order valence-electron chi connectivity index (χ4n) is 2.73. The maximum atomic E-state index is 12.4. The summed E-state index contributed by atoms with van der Waals surface area (Å²) in [7, 11) is 3.52. The molecule has 0 bridgehead atoms. The molecule has 9 heteroatoms. The summed E-state index contributed by atoms with van der Waals surface area (Å²) in [5, 5.41) is 9.39. The van der Waals surface area contributed by atoms with Crippen LogP contribution in [0.1, 0.15) is 36.1 Å². The second-order valence-electron chi connectivity index (χ2n) is 6.53. The van der Waals surface area contributed by atoms with Crippen molar-refractivity contribution in [2.75, 3.05) is 24.7 Å². The highest BCUT2D eigenvalue weighted by molar-refractivity contribution is 5.98. The van der Waals surface area contributed by atoms with Crippen molar-refractivity contribution >= 4 is 23.9 Å². The minimum atomic E-state index is -0.742. The molecule has 0 fully saturated rings. The molecule has 2 heterocycles. The molecule has 0 radical (unpaired) electrons. The lowest BCUT2D eigenvalue weighted by molar-refractivity contribution is -0.139. The first-order valence-electron chi connectivity index (χ1n) is 8.90. The molecular formula is C19H25N7O2. The van der Waals surface area contributed by atoms with E-state index in [1.807, 2.05) is 26.0 Å². The van der Waals surface area contributed by atoms with E-state index in [2.05, 4.69) is 26.4 Å². The summed E-state index contributed by atoms with van der Waals surface area (Å²) in [6.07, 6.45) is 2.54. The first kappa shape index (κ1) is 20.9. The van der Waals surface area contributed by atoms with E-state index in [0.29, 0.717) is 5.95 Å². The largest absolute Gasteiger partial charge is 0.453 e. The monoisotopic (exact) mass is 383 g/mol. The average Bonchev–Trinajstić information content (AvgIpc) is 2.91. The van der Waals surface area contributed by atoms with E-state index in [9.17, 15) is 10.1 Å². The Balaban J connectivity index is 2.18. The third kappa shape index (κ3) is 4.85. The van der Waals surface area contributed by atoms with Gasteiger partial charge in [0.2, 0.25) is 11.9 Å². The van der Waals surface area contributed by atoms with Crippen LogP contribution in [0.25, 0.3) is 6.08 Å². The molecule has 0 aliphatic carbocycles. The van der Waals surface area contributed by atoms with Crippen molar-refractivity contribution in [2.24, 2.45) is 0 Å². The quantitative estimate of drug-likeness (QED) is 0.437. The van der Waals surface area contributed by atoms with E-state index in [1.165, 1.54) is 0 Å². The van der Waals surface area contributed by atoms with Gasteiger partial charge in [-0.25, -0.2) is 4.79 Å². The molecule has 0 saturated heterocycles. The smallest absolute Gasteiger partial charge is 0.349 e. The summed E-state index contributed by atoms with van der Waals surface area (Å²) in [6.45, 7) is 6.73. The number of ether oxygens (including phenoxy) is 1. The van der Waals surface area contributed by atoms with Gasteiger partial charge < -0.3 is 19.9 Å². The Morgan fingerprint density at radius 2 is 2.07 bits per heavy atom. The number of nitrogens with zero attached hydrogens (tertiary/aromatic N) is 6. The number of hydrogen-bond donors (Lipinski definition) is 1. The molecule has 0 saturated carbocycles. The molecule has 2 rings (SSSR count). The number of anilines is 2. The predicted molar refractivity (Wildman–Crippen MR) is 106 cm³/mol. The van der Waals surface area contributed by atoms with Crippen molar-refractivity contribution in [1.82, 2.24) is 19.5 Å². The Morgan fingerprint density at radius 3 is 2.68 bits per heavy atom. The minimum Gasteiger partial charge on any atom is -0.453 e. The first-order valence-corrected chi connectivity index (χ1v) is 8.90. The van der Waals surface area contributed by atoms with Crippen LogP contribution >= 0.6 is 0 Å². The van der Waals surface area contributed by atoms with Crippen LogP contribution in [-0.2, 0) is 22.7 Å². The number of aryl methyl sites for hydroxylation is 1. The van der Waals surface area contributed by atoms with Gasteiger partial charge in [0.25, 0.3) is 0 Å². The molecule has 28 heavy (non-hydrogen) atoms. The third-order valence-corrected chi connectivity index (χ3v) is 4.12. The summed E-state index contributed by atoms with van der Waals surface area (Å²) < 4.78 is 7.36. The Kier molecular flexibility index (Phi) is 6.71. The maximum Gasteiger partial charge on any atom is 0.349 e. The SMILES string of the molecule is CCCn1c(C)cc(/C=C(\C#N)C(=O)OCc2nc(N)nc(N(C)C)n2)c1C. The number of rotatable bonds is 7. The Labute approximate surface area is 164 Å². The third-order valence-electron chi connectivity index (χ3n) is 4.12. The number of esters is 1. The van der Waals surface area contributed by atoms with Gasteiger partial charge in [0.15, 0.2) is 12.4 Å². The lowest BCUT2D eigenvalue weighted by Crippen LogP contribution is -2.17. The zero-order chi connectivity index (χ0) is 20.8. The lowest BCUT2D eigenvalue weighted by Gasteiger charge is -2.11. The van der Waals surface area contributed by atoms with Crippen LogP contribution in [0.2, 0.25) is 0 Å². The molecule has 148 valence electrons. The van der Waals surface area contributed by atoms with E-state index in [-0.39, 0.29) is 24.0 Å². The number of carbonyl (C=O) groups excluding carboxylic acids is 1. The van der Waals surface area contributed by atoms with Crippen LogP contribution in [0, 0.1) is 25.2 Å². The van der Waals surface area contributed by atoms with E-state index >= 15 is 0 Å². The minimum absolute atomic E-state index is 0.0316. The summed E-state index contributed by atoms with van der Waals surface area (Å²) >= 11 is 0. The number of nitriles is 1. The standard InChI is InChI=1S/C19H25N7O2/c1-6-7-26-12(2)8-14(13(26)3)9-15(10-20)17(27)28-11-16-22-18(21)24-19(23-16)25(4)5/h8-9H,6-7,11H2,1-5H3,(H2,21,22,23,24)/b15-9+. The predicted octanol–water partition coefficient (Wildman–Crippen LogP) is 2.00. The second kappa shape index (κ2) is 8.99. The maximum absolute atomic E-state index is 12.4. The zero-order valence-corrected chi connectivity index (χ0v) is 16.9. The zero-order valence-electron chi connectivity index (χ0n) is 16.9. The van der Waals surface area contributed by atoms with E-state index in [0.717, 1.165) is 29.9 Å². The normalized spacial score (nSPS) is 11.2. The number of carbonyl (C=O) groups is 1. The van der Waals surface area contributed by atoms with Crippen LogP contribution in [0.3, 0.4) is 0 Å². The van der Waals surface area contributed by atoms with Crippen molar-refractivity contribution in [3.05, 3.63) is 34.4 Å². The highest BCUT2D eigenvalue weighted by Gasteiger charge is 2.15. The summed E-state index contributed by atoms with van der Waals surface area (Å²) in [5.74, 6) is -0.140. The van der Waals surface area contributed by atoms with Gasteiger partial charge in [0, 0.05) is 32.0 Å². The van der Waals surface area contributed by atoms with Crippen molar-refractivity contribution in [3.8, 4) is 6.07 Å². The van der Waals surface area contributed by atoms with E-state index in [1.54, 1.807) is 25.1 Å². The van der Waals surface area contributed by atoms with Gasteiger partial charge in [-0.05, 0) is 38.0 Å². The van der Waals surface area contributed by atoms with Gasteiger partial charge in [-0.2, -0.15) is 20.2 Å². The molecule has 0 aromatic carbocycles. The molecule has 0 aliphatic heterocycles. The van der Waals surface area contributed by atoms with E-state index < -0.39 is 5.97 Å². The van der Waals surface area contributed by atoms with Crippen molar-refractivity contribution < 1.29 is 9.53 Å². The van der Waals surface area contributed by atoms with Crippen LogP contribution < -0.4 is 10.6 Å². The molecule has 0 amide bonds. The topological polar surface area (TPSA) is 123 Å². The number of nitrogens with two attached hydrogens (primary N) is 1. The average molecular weight is 383 g/mol. The molecule has 2 N–H and O–H groups in total. The number of nitrogen functional groups attached to an aromatic ring is 1. The first-order chi connectivity index (χ1) is 13.3. The number of aromatic nitrogens is 4. The van der Waals surface area contributed by atoms with Gasteiger partial charge in [0.05, 0.1) is 0 Å². The van der Waals surface area contributed by atoms with Gasteiger partial charge in [0.1, 0.15) is 11.6 Å². The molecule has 2 aromatic rings. The van der Waals surface area contributed by atoms with Gasteiger partial charge in [-0.1, -0.05) is 6.92 Å². The summed E-state index contributed by atoms with van der Waals surface area (Å²) in [6, 6.07) is 3.86. The highest BCUT2D eigenvalue weighted by Crippen LogP contribution is 2.19. The molecule has 0 atom stereocenters. The Bertz CT molecular complexity index is 938. The van der Waals surface area contributed by atoms with Crippen LogP contribution in [0.4, 0.5) is 11.9 Å². The molecule has 9 nitrogen and oxygen atoms in total. The van der Waals surface area contributed by atoms with Gasteiger partial charge in [-0.15, -0.1) is 0 Å². The lowest BCUT2D eigenvalue weighted by atomic mass is 10.1. The van der Waals surface area contributed by atoms with Crippen molar-refractivity contribution in [1.29, 1.82) is 5.26 Å². The van der Waals surface area contributed by atoms with E-state index in [4.69, 9.17) is 10.5 Å². The molecule has 2 aromatic heterocycles. The van der Waals surface area contributed by atoms with Crippen LogP contribution in [0.5, 0.6) is 0 Å². The Hall–Kier alpha value is -3.41. The summed E-state index contributed by atoms with van der Waals surface area (Å²) in [5.41, 5.74) is 8.46.